The first-order valence-corrected chi connectivity index (χ1v) is 22.1. The predicted molar refractivity (Wildman–Crippen MR) is 218 cm³/mol. The van der Waals surface area contributed by atoms with Crippen molar-refractivity contribution in [3.63, 3.8) is 0 Å². The largest absolute Gasteiger partial charge is 0.490 e. The van der Waals surface area contributed by atoms with Crippen LogP contribution in [0.5, 0.6) is 11.5 Å². The molecule has 0 bridgehead atoms. The maximum Gasteiger partial charge on any atom is 0.261 e. The normalized spacial score (nSPS) is 15.2. The predicted octanol–water partition coefficient (Wildman–Crippen LogP) is 10.7. The van der Waals surface area contributed by atoms with Gasteiger partial charge in [0.15, 0.2) is 0 Å². The summed E-state index contributed by atoms with van der Waals surface area (Å²) < 4.78 is 38.6. The van der Waals surface area contributed by atoms with Crippen LogP contribution >= 0.6 is 7.92 Å². The standard InChI is InChI=1S/C30H43O2P.C12H10N.CH4O3S.Pd/c1-22(2)31-27-19-13-20-28(32-23(3)4)30(27)26-18-11-12-21-29(26)33(24-14-7-5-8-15-24)25-16-9-6-10-17-25;13-12-9-5-4-8-11(12)10-6-2-1-3-7-10;1-5(2,3)4;/h11-13,18-25H,5-10,14-17H2,1-4H3;1-6,8-9H,13H2;1H3,(H,2,3,4);/q;-1;;/p+1. The molecule has 2 saturated carbocycles. The smallest absolute Gasteiger partial charge is 0.261 e. The zero-order valence-corrected chi connectivity index (χ0v) is 34.8. The first-order chi connectivity index (χ1) is 24.4. The van der Waals surface area contributed by atoms with E-state index in [-0.39, 0.29) is 32.6 Å². The van der Waals surface area contributed by atoms with Crippen LogP contribution in [0, 0.1) is 6.07 Å². The topological polar surface area (TPSA) is 98.8 Å². The summed E-state index contributed by atoms with van der Waals surface area (Å²) in [6, 6.07) is 34.4. The Kier molecular flexibility index (Phi) is 18.4. The minimum absolute atomic E-state index is 0. The Hall–Kier alpha value is -2.72. The molecule has 286 valence electrons. The maximum atomic E-state index is 9.19. The van der Waals surface area contributed by atoms with Crippen LogP contribution in [0.15, 0.2) is 91.0 Å². The molecule has 2 aliphatic rings. The summed E-state index contributed by atoms with van der Waals surface area (Å²) in [7, 11) is -4.37. The molecule has 0 radical (unpaired) electrons. The summed E-state index contributed by atoms with van der Waals surface area (Å²) in [6.45, 7) is 8.46. The van der Waals surface area contributed by atoms with Crippen LogP contribution in [0.3, 0.4) is 0 Å². The number of ether oxygens (including phenoxy) is 2. The van der Waals surface area contributed by atoms with Crippen molar-refractivity contribution in [2.24, 2.45) is 0 Å². The SMILES string of the molecule is CC(C)Oc1cccc(OC(C)C)c1-c1ccccc1[PH+](C1CCCCC1)C1CCCCC1.CS(=O)(=O)O.Nc1ccccc1-c1[c-]cccc1.[Pd]. The van der Waals surface area contributed by atoms with E-state index in [4.69, 9.17) is 19.8 Å². The first-order valence-electron chi connectivity index (χ1n) is 18.6. The second kappa shape index (κ2) is 21.9. The summed E-state index contributed by atoms with van der Waals surface area (Å²) in [5.74, 6) is 1.92. The molecule has 0 saturated heterocycles. The van der Waals surface area contributed by atoms with Crippen LogP contribution < -0.4 is 20.5 Å². The van der Waals surface area contributed by atoms with E-state index in [9.17, 15) is 8.42 Å². The summed E-state index contributed by atoms with van der Waals surface area (Å²) >= 11 is 0. The quantitative estimate of drug-likeness (QED) is 0.0573. The number of nitrogen functional groups attached to an aromatic ring is 1. The van der Waals surface area contributed by atoms with E-state index in [0.717, 1.165) is 39.6 Å². The number of anilines is 1. The van der Waals surface area contributed by atoms with Gasteiger partial charge in [0.2, 0.25) is 0 Å². The number of rotatable bonds is 9. The van der Waals surface area contributed by atoms with Crippen LogP contribution in [-0.2, 0) is 30.5 Å². The molecule has 0 amide bonds. The Labute approximate surface area is 328 Å². The summed E-state index contributed by atoms with van der Waals surface area (Å²) in [5.41, 5.74) is 13.1. The molecule has 3 N–H and O–H groups in total. The summed E-state index contributed by atoms with van der Waals surface area (Å²) in [6.07, 6.45) is 15.2. The van der Waals surface area contributed by atoms with Crippen molar-refractivity contribution in [1.29, 1.82) is 0 Å². The molecule has 6 nitrogen and oxygen atoms in total. The Morgan fingerprint density at radius 3 is 1.62 bits per heavy atom. The Morgan fingerprint density at radius 2 is 1.15 bits per heavy atom. The molecule has 9 heteroatoms. The van der Waals surface area contributed by atoms with Gasteiger partial charge in [-0.1, -0.05) is 60.9 Å². The van der Waals surface area contributed by atoms with Crippen molar-refractivity contribution in [2.45, 2.75) is 115 Å². The molecule has 52 heavy (non-hydrogen) atoms. The van der Waals surface area contributed by atoms with Crippen LogP contribution in [-0.4, -0.2) is 42.8 Å². The fourth-order valence-corrected chi connectivity index (χ4v) is 11.8. The molecule has 0 unspecified atom stereocenters. The van der Waals surface area contributed by atoms with Crippen molar-refractivity contribution in [2.75, 3.05) is 12.0 Å². The third kappa shape index (κ3) is 13.9. The molecule has 0 aromatic heterocycles. The molecule has 0 heterocycles. The molecule has 6 rings (SSSR count). The molecule has 2 fully saturated rings. The number of hydrogen-bond acceptors (Lipinski definition) is 5. The van der Waals surface area contributed by atoms with E-state index < -0.39 is 18.0 Å². The van der Waals surface area contributed by atoms with Gasteiger partial charge in [-0.15, -0.1) is 35.9 Å². The number of benzene rings is 4. The Bertz CT molecular complexity index is 1690. The van der Waals surface area contributed by atoms with Crippen molar-refractivity contribution in [1.82, 2.24) is 0 Å². The monoisotopic (exact) mass is 837 g/mol. The summed E-state index contributed by atoms with van der Waals surface area (Å²) in [4.78, 5) is 0. The first kappa shape index (κ1) is 43.7. The van der Waals surface area contributed by atoms with Gasteiger partial charge >= 0.3 is 0 Å². The molecule has 4 aromatic rings. The van der Waals surface area contributed by atoms with Gasteiger partial charge in [-0.2, -0.15) is 8.42 Å². The van der Waals surface area contributed by atoms with Crippen molar-refractivity contribution >= 4 is 29.0 Å². The van der Waals surface area contributed by atoms with E-state index >= 15 is 0 Å². The van der Waals surface area contributed by atoms with E-state index in [2.05, 4.69) is 76.2 Å². The maximum absolute atomic E-state index is 9.19. The molecular weight excluding hydrogens is 780 g/mol. The molecule has 4 aromatic carbocycles. The summed E-state index contributed by atoms with van der Waals surface area (Å²) in [5, 5.41) is 1.63. The average Bonchev–Trinajstić information content (AvgIpc) is 3.10. The number of hydrogen-bond donors (Lipinski definition) is 2. The van der Waals surface area contributed by atoms with E-state index in [1.54, 1.807) is 5.30 Å². The van der Waals surface area contributed by atoms with E-state index in [0.29, 0.717) is 6.26 Å². The molecule has 0 spiro atoms. The fourth-order valence-electron chi connectivity index (χ4n) is 7.34. The average molecular weight is 838 g/mol. The minimum Gasteiger partial charge on any atom is -0.490 e. The number of para-hydroxylation sites is 1. The van der Waals surface area contributed by atoms with Gasteiger partial charge < -0.3 is 15.2 Å². The van der Waals surface area contributed by atoms with Gasteiger partial charge in [0.25, 0.3) is 10.1 Å². The van der Waals surface area contributed by atoms with Crippen molar-refractivity contribution in [3.05, 3.63) is 97.1 Å². The van der Waals surface area contributed by atoms with Crippen LogP contribution in [0.2, 0.25) is 0 Å². The van der Waals surface area contributed by atoms with Gasteiger partial charge in [0.1, 0.15) is 16.8 Å². The van der Waals surface area contributed by atoms with Gasteiger partial charge in [-0.05, 0) is 109 Å². The van der Waals surface area contributed by atoms with Crippen molar-refractivity contribution in [3.8, 4) is 33.8 Å². The van der Waals surface area contributed by atoms with Gasteiger partial charge in [-0.3, -0.25) is 4.55 Å². The van der Waals surface area contributed by atoms with Gasteiger partial charge in [-0.25, -0.2) is 0 Å². The van der Waals surface area contributed by atoms with E-state index in [1.807, 2.05) is 48.5 Å². The molecule has 2 aliphatic carbocycles. The van der Waals surface area contributed by atoms with Crippen LogP contribution in [0.25, 0.3) is 22.3 Å². The third-order valence-electron chi connectivity index (χ3n) is 9.27. The second-order valence-electron chi connectivity index (χ2n) is 14.2. The van der Waals surface area contributed by atoms with Crippen LogP contribution in [0.1, 0.15) is 91.9 Å². The van der Waals surface area contributed by atoms with Gasteiger partial charge in [0.05, 0.1) is 35.3 Å². The Balaban J connectivity index is 0.000000316. The van der Waals surface area contributed by atoms with E-state index in [1.165, 1.54) is 75.3 Å². The zero-order valence-electron chi connectivity index (χ0n) is 31.4. The molecule has 0 atom stereocenters. The zero-order chi connectivity index (χ0) is 36.8. The van der Waals surface area contributed by atoms with Crippen LogP contribution in [0.4, 0.5) is 5.69 Å². The van der Waals surface area contributed by atoms with Crippen molar-refractivity contribution < 1.29 is 42.9 Å². The molecule has 0 aliphatic heterocycles. The fraction of sp³-hybridized carbons (Fsp3) is 0.442. The van der Waals surface area contributed by atoms with Gasteiger partial charge in [0, 0.05) is 33.9 Å². The minimum atomic E-state index is -3.67. The number of nitrogens with two attached hydrogens (primary N) is 1. The second-order valence-corrected chi connectivity index (χ2v) is 18.8. The molecular formula is C43H58NO5PPdS. The third-order valence-corrected chi connectivity index (χ3v) is 13.2. The Morgan fingerprint density at radius 1 is 0.692 bits per heavy atom.